The molecule has 0 amide bonds. The predicted octanol–water partition coefficient (Wildman–Crippen LogP) is 3.23. The Morgan fingerprint density at radius 1 is 1.13 bits per heavy atom. The maximum Gasteiger partial charge on any atom is 0.338 e. The number of benzene rings is 2. The first kappa shape index (κ1) is 22.7. The molecule has 5 atom stereocenters. The van der Waals surface area contributed by atoms with Crippen LogP contribution in [0.3, 0.4) is 0 Å². The zero-order chi connectivity index (χ0) is 22.1. The van der Waals surface area contributed by atoms with Crippen molar-refractivity contribution in [2.75, 3.05) is 13.2 Å². The van der Waals surface area contributed by atoms with Crippen LogP contribution in [0.2, 0.25) is 0 Å². The number of aliphatic hydroxyl groups is 1. The molecule has 0 aliphatic carbocycles. The van der Waals surface area contributed by atoms with Crippen molar-refractivity contribution in [2.45, 2.75) is 44.2 Å². The number of ether oxygens (including phenoxy) is 4. The van der Waals surface area contributed by atoms with Gasteiger partial charge in [-0.2, -0.15) is 0 Å². The Bertz CT molecular complexity index is 875. The number of carbonyl (C=O) groups is 1. The smallest absolute Gasteiger partial charge is 0.338 e. The first-order valence-electron chi connectivity index (χ1n) is 10.0. The van der Waals surface area contributed by atoms with Gasteiger partial charge in [0, 0.05) is 11.5 Å². The van der Waals surface area contributed by atoms with E-state index in [9.17, 15) is 9.90 Å². The second-order valence-corrected chi connectivity index (χ2v) is 6.91. The van der Waals surface area contributed by atoms with Crippen LogP contribution in [0.15, 0.2) is 65.8 Å². The molecule has 0 bridgehead atoms. The van der Waals surface area contributed by atoms with Gasteiger partial charge < -0.3 is 24.1 Å². The van der Waals surface area contributed by atoms with Crippen LogP contribution in [0.4, 0.5) is 0 Å². The molecule has 1 unspecified atom stereocenters. The summed E-state index contributed by atoms with van der Waals surface area (Å²) in [5.74, 6) is -0.549. The number of azide groups is 1. The standard InChI is InChI=1S/C22H25N3O6/c1-2-28-22-20(29-13-15-9-5-3-6-10-15)18(24-25-23)19(26)17(31-22)14-30-21(27)16-11-7-4-8-12-16/h3-12,17-20,22,26H,2,13-14H2,1H3/t17-,18+,19-,20-,22?/m1/s1. The van der Waals surface area contributed by atoms with E-state index in [2.05, 4.69) is 10.0 Å². The van der Waals surface area contributed by atoms with Crippen molar-refractivity contribution in [1.82, 2.24) is 0 Å². The molecular weight excluding hydrogens is 402 g/mol. The highest BCUT2D eigenvalue weighted by Gasteiger charge is 2.46. The van der Waals surface area contributed by atoms with Crippen molar-refractivity contribution < 1.29 is 28.8 Å². The number of esters is 1. The summed E-state index contributed by atoms with van der Waals surface area (Å²) in [4.78, 5) is 15.1. The third kappa shape index (κ3) is 6.04. The van der Waals surface area contributed by atoms with E-state index in [1.165, 1.54) is 0 Å². The van der Waals surface area contributed by atoms with E-state index in [4.69, 9.17) is 24.5 Å². The molecule has 0 aromatic heterocycles. The predicted molar refractivity (Wildman–Crippen MR) is 111 cm³/mol. The zero-order valence-electron chi connectivity index (χ0n) is 17.1. The Labute approximate surface area is 180 Å². The van der Waals surface area contributed by atoms with Crippen LogP contribution in [0, 0.1) is 0 Å². The number of aliphatic hydroxyl groups excluding tert-OH is 1. The van der Waals surface area contributed by atoms with Gasteiger partial charge in [0.25, 0.3) is 0 Å². The molecular formula is C22H25N3O6. The number of hydrogen-bond donors (Lipinski definition) is 1. The van der Waals surface area contributed by atoms with E-state index in [1.54, 1.807) is 37.3 Å². The van der Waals surface area contributed by atoms with E-state index in [0.29, 0.717) is 12.2 Å². The topological polar surface area (TPSA) is 123 Å². The molecule has 164 valence electrons. The molecule has 0 saturated carbocycles. The summed E-state index contributed by atoms with van der Waals surface area (Å²) >= 11 is 0. The van der Waals surface area contributed by atoms with E-state index in [0.717, 1.165) is 5.56 Å². The highest BCUT2D eigenvalue weighted by atomic mass is 16.7. The fourth-order valence-electron chi connectivity index (χ4n) is 3.29. The van der Waals surface area contributed by atoms with Gasteiger partial charge in [0.1, 0.15) is 18.8 Å². The van der Waals surface area contributed by atoms with Crippen LogP contribution in [-0.4, -0.2) is 54.9 Å². The molecule has 9 nitrogen and oxygen atoms in total. The fourth-order valence-corrected chi connectivity index (χ4v) is 3.29. The van der Waals surface area contributed by atoms with E-state index in [-0.39, 0.29) is 13.2 Å². The second-order valence-electron chi connectivity index (χ2n) is 6.91. The van der Waals surface area contributed by atoms with Crippen molar-refractivity contribution in [3.63, 3.8) is 0 Å². The largest absolute Gasteiger partial charge is 0.459 e. The Morgan fingerprint density at radius 3 is 2.45 bits per heavy atom. The van der Waals surface area contributed by atoms with Crippen LogP contribution >= 0.6 is 0 Å². The summed E-state index contributed by atoms with van der Waals surface area (Å²) < 4.78 is 22.7. The molecule has 2 aromatic rings. The van der Waals surface area contributed by atoms with Gasteiger partial charge >= 0.3 is 5.97 Å². The second kappa shape index (κ2) is 11.5. The lowest BCUT2D eigenvalue weighted by Gasteiger charge is -2.42. The number of rotatable bonds is 9. The summed E-state index contributed by atoms with van der Waals surface area (Å²) in [5.41, 5.74) is 10.3. The maximum atomic E-state index is 12.2. The van der Waals surface area contributed by atoms with Gasteiger partial charge in [-0.1, -0.05) is 53.6 Å². The molecule has 2 aromatic carbocycles. The minimum absolute atomic E-state index is 0.219. The minimum Gasteiger partial charge on any atom is -0.459 e. The van der Waals surface area contributed by atoms with Crippen LogP contribution in [0.5, 0.6) is 0 Å². The molecule has 1 saturated heterocycles. The van der Waals surface area contributed by atoms with Crippen LogP contribution in [-0.2, 0) is 25.6 Å². The highest BCUT2D eigenvalue weighted by molar-refractivity contribution is 5.89. The van der Waals surface area contributed by atoms with Gasteiger partial charge in [-0.25, -0.2) is 4.79 Å². The van der Waals surface area contributed by atoms with Gasteiger partial charge in [0.2, 0.25) is 0 Å². The fraction of sp³-hybridized carbons (Fsp3) is 0.409. The van der Waals surface area contributed by atoms with Crippen molar-refractivity contribution in [1.29, 1.82) is 0 Å². The third-order valence-corrected chi connectivity index (χ3v) is 4.83. The third-order valence-electron chi connectivity index (χ3n) is 4.83. The van der Waals surface area contributed by atoms with Crippen LogP contribution in [0.25, 0.3) is 10.4 Å². The monoisotopic (exact) mass is 427 g/mol. The quantitative estimate of drug-likeness (QED) is 0.284. The zero-order valence-corrected chi connectivity index (χ0v) is 17.1. The molecule has 1 aliphatic heterocycles. The Balaban J connectivity index is 1.70. The van der Waals surface area contributed by atoms with E-state index in [1.807, 2.05) is 30.3 Å². The summed E-state index contributed by atoms with van der Waals surface area (Å²) in [6, 6.07) is 16.9. The lowest BCUT2D eigenvalue weighted by molar-refractivity contribution is -0.285. The SMILES string of the molecule is CCOC1O[C@H](COC(=O)c2ccccc2)[C@@H](O)[C@H](N=[N+]=[N-])[C@H]1OCc1ccccc1. The van der Waals surface area contributed by atoms with Crippen molar-refractivity contribution >= 4 is 5.97 Å². The van der Waals surface area contributed by atoms with Crippen molar-refractivity contribution in [3.8, 4) is 0 Å². The molecule has 0 radical (unpaired) electrons. The molecule has 1 fully saturated rings. The average Bonchev–Trinajstić information content (AvgIpc) is 2.81. The Hall–Kier alpha value is -2.94. The maximum absolute atomic E-state index is 12.2. The summed E-state index contributed by atoms with van der Waals surface area (Å²) in [7, 11) is 0. The number of carbonyl (C=O) groups excluding carboxylic acids is 1. The number of nitrogens with zero attached hydrogens (tertiary/aromatic N) is 3. The molecule has 1 N–H and O–H groups in total. The molecule has 3 rings (SSSR count). The van der Waals surface area contributed by atoms with Gasteiger partial charge in [0.05, 0.1) is 24.3 Å². The van der Waals surface area contributed by atoms with Crippen molar-refractivity contribution in [3.05, 3.63) is 82.2 Å². The van der Waals surface area contributed by atoms with Gasteiger partial charge in [-0.3, -0.25) is 0 Å². The Kier molecular flexibility index (Phi) is 8.40. The first-order chi connectivity index (χ1) is 15.1. The lowest BCUT2D eigenvalue weighted by atomic mass is 9.96. The molecule has 1 aliphatic rings. The highest BCUT2D eigenvalue weighted by Crippen LogP contribution is 2.28. The van der Waals surface area contributed by atoms with Gasteiger partial charge in [-0.05, 0) is 30.2 Å². The first-order valence-corrected chi connectivity index (χ1v) is 10.0. The Morgan fingerprint density at radius 2 is 1.81 bits per heavy atom. The van der Waals surface area contributed by atoms with Crippen LogP contribution in [0.1, 0.15) is 22.8 Å². The van der Waals surface area contributed by atoms with E-state index < -0.39 is 36.6 Å². The van der Waals surface area contributed by atoms with Crippen LogP contribution < -0.4 is 0 Å². The molecule has 0 spiro atoms. The summed E-state index contributed by atoms with van der Waals surface area (Å²) in [6.07, 6.45) is -3.95. The van der Waals surface area contributed by atoms with E-state index >= 15 is 0 Å². The molecule has 9 heteroatoms. The normalized spacial score (nSPS) is 25.4. The number of hydrogen-bond acceptors (Lipinski definition) is 7. The molecule has 1 heterocycles. The van der Waals surface area contributed by atoms with Gasteiger partial charge in [-0.15, -0.1) is 0 Å². The average molecular weight is 427 g/mol. The van der Waals surface area contributed by atoms with Gasteiger partial charge in [0.15, 0.2) is 6.29 Å². The summed E-state index contributed by atoms with van der Waals surface area (Å²) in [5, 5.41) is 14.5. The minimum atomic E-state index is -1.25. The summed E-state index contributed by atoms with van der Waals surface area (Å²) in [6.45, 7) is 2.08. The van der Waals surface area contributed by atoms with Crippen molar-refractivity contribution in [2.24, 2.45) is 5.11 Å². The molecule has 31 heavy (non-hydrogen) atoms. The lowest BCUT2D eigenvalue weighted by Crippen LogP contribution is -2.59.